The summed E-state index contributed by atoms with van der Waals surface area (Å²) in [4.78, 5) is 30.2. The van der Waals surface area contributed by atoms with E-state index in [4.69, 9.17) is 0 Å². The Balaban J connectivity index is 2.00. The van der Waals surface area contributed by atoms with E-state index in [0.29, 0.717) is 19.3 Å². The highest BCUT2D eigenvalue weighted by atomic mass is 16.2. The van der Waals surface area contributed by atoms with E-state index in [1.54, 1.807) is 25.2 Å². The Hall–Kier alpha value is -2.89. The van der Waals surface area contributed by atoms with Crippen LogP contribution in [0.2, 0.25) is 0 Å². The molecule has 0 saturated heterocycles. The third-order valence-electron chi connectivity index (χ3n) is 4.62. The Bertz CT molecular complexity index is 791. The van der Waals surface area contributed by atoms with E-state index in [1.807, 2.05) is 50.2 Å². The number of carbonyl (C=O) groups excluding carboxylic acids is 2. The highest BCUT2D eigenvalue weighted by molar-refractivity contribution is 5.90. The van der Waals surface area contributed by atoms with Gasteiger partial charge in [0.2, 0.25) is 5.91 Å². The van der Waals surface area contributed by atoms with Gasteiger partial charge in [-0.2, -0.15) is 0 Å². The SMILES string of the molecule is CNC(=O)CCc1ccccc1NC(=O)N(C)C(C)Cc1cc(C)ccn1. The lowest BCUT2D eigenvalue weighted by Crippen LogP contribution is -2.39. The monoisotopic (exact) mass is 368 g/mol. The number of benzene rings is 1. The van der Waals surface area contributed by atoms with Crippen molar-refractivity contribution in [3.8, 4) is 0 Å². The Kier molecular flexibility index (Phi) is 7.34. The molecular weight excluding hydrogens is 340 g/mol. The van der Waals surface area contributed by atoms with Crippen molar-refractivity contribution in [2.75, 3.05) is 19.4 Å². The van der Waals surface area contributed by atoms with Gasteiger partial charge in [-0.3, -0.25) is 9.78 Å². The molecule has 144 valence electrons. The molecule has 27 heavy (non-hydrogen) atoms. The van der Waals surface area contributed by atoms with Crippen LogP contribution in [0.25, 0.3) is 0 Å². The molecule has 0 spiro atoms. The quantitative estimate of drug-likeness (QED) is 0.788. The fourth-order valence-corrected chi connectivity index (χ4v) is 2.79. The van der Waals surface area contributed by atoms with E-state index in [2.05, 4.69) is 15.6 Å². The summed E-state index contributed by atoms with van der Waals surface area (Å²) in [6.07, 6.45) is 3.43. The first-order chi connectivity index (χ1) is 12.9. The molecule has 6 heteroatoms. The first-order valence-electron chi connectivity index (χ1n) is 9.14. The van der Waals surface area contributed by atoms with Crippen LogP contribution in [0.5, 0.6) is 0 Å². The number of para-hydroxylation sites is 1. The third-order valence-corrected chi connectivity index (χ3v) is 4.62. The standard InChI is InChI=1S/C21H28N4O2/c1-15-11-12-23-18(13-15)14-16(2)25(4)21(27)24-19-8-6-5-7-17(19)9-10-20(26)22-3/h5-8,11-13,16H,9-10,14H2,1-4H3,(H,22,26)(H,24,27). The van der Waals surface area contributed by atoms with Crippen molar-refractivity contribution in [2.24, 2.45) is 0 Å². The second-order valence-corrected chi connectivity index (χ2v) is 6.75. The smallest absolute Gasteiger partial charge is 0.321 e. The van der Waals surface area contributed by atoms with Crippen LogP contribution in [0.3, 0.4) is 0 Å². The second-order valence-electron chi connectivity index (χ2n) is 6.75. The second kappa shape index (κ2) is 9.71. The van der Waals surface area contributed by atoms with Crippen LogP contribution in [0.4, 0.5) is 10.5 Å². The highest BCUT2D eigenvalue weighted by Crippen LogP contribution is 2.18. The minimum absolute atomic E-state index is 0.00247. The summed E-state index contributed by atoms with van der Waals surface area (Å²) >= 11 is 0. The van der Waals surface area contributed by atoms with Crippen molar-refractivity contribution in [3.05, 3.63) is 59.4 Å². The van der Waals surface area contributed by atoms with Gasteiger partial charge in [0.05, 0.1) is 0 Å². The molecule has 3 amide bonds. The number of urea groups is 1. The fourth-order valence-electron chi connectivity index (χ4n) is 2.79. The maximum atomic E-state index is 12.7. The van der Waals surface area contributed by atoms with Gasteiger partial charge in [-0.1, -0.05) is 18.2 Å². The predicted molar refractivity (Wildman–Crippen MR) is 108 cm³/mol. The van der Waals surface area contributed by atoms with Crippen molar-refractivity contribution in [2.45, 2.75) is 39.2 Å². The number of carbonyl (C=O) groups is 2. The number of nitrogens with zero attached hydrogens (tertiary/aromatic N) is 2. The number of aromatic nitrogens is 1. The number of amides is 3. The van der Waals surface area contributed by atoms with Crippen LogP contribution in [-0.2, 0) is 17.6 Å². The van der Waals surface area contributed by atoms with E-state index in [0.717, 1.165) is 22.5 Å². The summed E-state index contributed by atoms with van der Waals surface area (Å²) in [5.41, 5.74) is 3.80. The van der Waals surface area contributed by atoms with E-state index in [1.165, 1.54) is 0 Å². The Morgan fingerprint density at radius 3 is 2.67 bits per heavy atom. The van der Waals surface area contributed by atoms with Crippen molar-refractivity contribution in [3.63, 3.8) is 0 Å². The third kappa shape index (κ3) is 6.09. The maximum Gasteiger partial charge on any atom is 0.321 e. The Morgan fingerprint density at radius 2 is 1.96 bits per heavy atom. The zero-order chi connectivity index (χ0) is 19.8. The number of anilines is 1. The first-order valence-corrected chi connectivity index (χ1v) is 9.14. The molecule has 2 N–H and O–H groups in total. The average molecular weight is 368 g/mol. The number of aryl methyl sites for hydroxylation is 2. The molecule has 1 heterocycles. The fraction of sp³-hybridized carbons (Fsp3) is 0.381. The van der Waals surface area contributed by atoms with E-state index in [9.17, 15) is 9.59 Å². The molecule has 1 aromatic heterocycles. The summed E-state index contributed by atoms with van der Waals surface area (Å²) in [6.45, 7) is 4.03. The van der Waals surface area contributed by atoms with Crippen LogP contribution in [0, 0.1) is 6.92 Å². The molecule has 6 nitrogen and oxygen atoms in total. The molecule has 0 radical (unpaired) electrons. The molecule has 0 aliphatic carbocycles. The summed E-state index contributed by atoms with van der Waals surface area (Å²) in [5, 5.41) is 5.58. The van der Waals surface area contributed by atoms with Crippen LogP contribution in [-0.4, -0.2) is 42.0 Å². The molecule has 0 aliphatic rings. The Labute approximate surface area is 161 Å². The summed E-state index contributed by atoms with van der Waals surface area (Å²) in [7, 11) is 3.40. The van der Waals surface area contributed by atoms with Crippen molar-refractivity contribution >= 4 is 17.6 Å². The average Bonchev–Trinajstić information content (AvgIpc) is 2.66. The predicted octanol–water partition coefficient (Wildman–Crippen LogP) is 3.16. The van der Waals surface area contributed by atoms with Crippen molar-refractivity contribution in [1.29, 1.82) is 0 Å². The van der Waals surface area contributed by atoms with E-state index >= 15 is 0 Å². The summed E-state index contributed by atoms with van der Waals surface area (Å²) in [5.74, 6) is -0.0208. The van der Waals surface area contributed by atoms with Gasteiger partial charge in [0, 0.05) is 50.6 Å². The van der Waals surface area contributed by atoms with Gasteiger partial charge in [-0.15, -0.1) is 0 Å². The van der Waals surface area contributed by atoms with Crippen molar-refractivity contribution in [1.82, 2.24) is 15.2 Å². The molecule has 0 aliphatic heterocycles. The number of hydrogen-bond donors (Lipinski definition) is 2. The molecule has 1 aromatic carbocycles. The van der Waals surface area contributed by atoms with E-state index < -0.39 is 0 Å². The zero-order valence-corrected chi connectivity index (χ0v) is 16.5. The minimum atomic E-state index is -0.178. The number of rotatable bonds is 7. The van der Waals surface area contributed by atoms with Gasteiger partial charge in [-0.05, 0) is 49.6 Å². The lowest BCUT2D eigenvalue weighted by atomic mass is 10.1. The molecule has 2 rings (SSSR count). The van der Waals surface area contributed by atoms with Crippen LogP contribution in [0.1, 0.15) is 30.2 Å². The highest BCUT2D eigenvalue weighted by Gasteiger charge is 2.18. The normalized spacial score (nSPS) is 11.6. The van der Waals surface area contributed by atoms with Gasteiger partial charge >= 0.3 is 6.03 Å². The number of nitrogens with one attached hydrogen (secondary N) is 2. The summed E-state index contributed by atoms with van der Waals surface area (Å²) < 4.78 is 0. The molecule has 0 bridgehead atoms. The van der Waals surface area contributed by atoms with E-state index in [-0.39, 0.29) is 18.0 Å². The number of likely N-dealkylation sites (N-methyl/N-ethyl adjacent to an activating group) is 1. The number of hydrogen-bond acceptors (Lipinski definition) is 3. The summed E-state index contributed by atoms with van der Waals surface area (Å²) in [6, 6.07) is 11.4. The molecule has 1 atom stereocenters. The lowest BCUT2D eigenvalue weighted by Gasteiger charge is -2.25. The first kappa shape index (κ1) is 20.4. The van der Waals surface area contributed by atoms with Crippen LogP contribution < -0.4 is 10.6 Å². The topological polar surface area (TPSA) is 74.3 Å². The van der Waals surface area contributed by atoms with Gasteiger partial charge in [0.15, 0.2) is 0 Å². The zero-order valence-electron chi connectivity index (χ0n) is 16.5. The molecular formula is C21H28N4O2. The largest absolute Gasteiger partial charge is 0.359 e. The molecule has 0 saturated carbocycles. The maximum absolute atomic E-state index is 12.7. The minimum Gasteiger partial charge on any atom is -0.359 e. The Morgan fingerprint density at radius 1 is 1.22 bits per heavy atom. The van der Waals surface area contributed by atoms with Gasteiger partial charge in [-0.25, -0.2) is 4.79 Å². The molecule has 2 aromatic rings. The van der Waals surface area contributed by atoms with Gasteiger partial charge in [0.25, 0.3) is 0 Å². The number of pyridine rings is 1. The van der Waals surface area contributed by atoms with Gasteiger partial charge in [0.1, 0.15) is 0 Å². The van der Waals surface area contributed by atoms with Crippen molar-refractivity contribution < 1.29 is 9.59 Å². The molecule has 1 unspecified atom stereocenters. The molecule has 0 fully saturated rings. The van der Waals surface area contributed by atoms with Crippen LogP contribution in [0.15, 0.2) is 42.6 Å². The van der Waals surface area contributed by atoms with Gasteiger partial charge < -0.3 is 15.5 Å². The van der Waals surface area contributed by atoms with Crippen LogP contribution >= 0.6 is 0 Å². The lowest BCUT2D eigenvalue weighted by molar-refractivity contribution is -0.120.